The van der Waals surface area contributed by atoms with Crippen LogP contribution in [0, 0.1) is 11.8 Å². The molecule has 2 atom stereocenters. The molecule has 2 aliphatic rings. The molecular weight excluding hydrogens is 272 g/mol. The normalized spacial score (nSPS) is 27.7. The molecule has 2 N–H and O–H groups in total. The Kier molecular flexibility index (Phi) is 4.76. The van der Waals surface area contributed by atoms with Crippen LogP contribution in [0.5, 0.6) is 0 Å². The van der Waals surface area contributed by atoms with Crippen LogP contribution in [-0.4, -0.2) is 53.3 Å². The lowest BCUT2D eigenvalue weighted by atomic mass is 9.83. The zero-order valence-electron chi connectivity index (χ0n) is 13.1. The van der Waals surface area contributed by atoms with Crippen molar-refractivity contribution < 1.29 is 19.4 Å². The van der Waals surface area contributed by atoms with Crippen LogP contribution in [0.25, 0.3) is 0 Å². The van der Waals surface area contributed by atoms with Crippen molar-refractivity contribution >= 4 is 12.1 Å². The van der Waals surface area contributed by atoms with E-state index in [1.54, 1.807) is 20.8 Å². The van der Waals surface area contributed by atoms with Gasteiger partial charge in [0.2, 0.25) is 0 Å². The predicted octanol–water partition coefficient (Wildman–Crippen LogP) is 1.70. The molecule has 0 aromatic carbocycles. The Labute approximate surface area is 125 Å². The molecule has 2 unspecified atom stereocenters. The first-order valence-electron chi connectivity index (χ1n) is 7.71. The smallest absolute Gasteiger partial charge is 0.411 e. The number of nitrogens with zero attached hydrogens (tertiary/aromatic N) is 1. The molecule has 0 aliphatic carbocycles. The Morgan fingerprint density at radius 1 is 1.19 bits per heavy atom. The Balaban J connectivity index is 2.04. The SMILES string of the molecule is CC(C)(C)OC(=O)N1CC(C2CCNCC2)CC1C(=O)O. The van der Waals surface area contributed by atoms with E-state index < -0.39 is 23.7 Å². The molecule has 1 amide bonds. The summed E-state index contributed by atoms with van der Waals surface area (Å²) in [6, 6.07) is -0.750. The minimum Gasteiger partial charge on any atom is -0.480 e. The molecule has 0 saturated carbocycles. The van der Waals surface area contributed by atoms with Gasteiger partial charge < -0.3 is 15.2 Å². The van der Waals surface area contributed by atoms with Crippen molar-refractivity contribution in [3.8, 4) is 0 Å². The van der Waals surface area contributed by atoms with Gasteiger partial charge in [0.05, 0.1) is 0 Å². The maximum absolute atomic E-state index is 12.2. The lowest BCUT2D eigenvalue weighted by Gasteiger charge is -2.29. The van der Waals surface area contributed by atoms with Crippen LogP contribution in [-0.2, 0) is 9.53 Å². The first-order valence-corrected chi connectivity index (χ1v) is 7.71. The van der Waals surface area contributed by atoms with E-state index in [0.29, 0.717) is 18.9 Å². The van der Waals surface area contributed by atoms with Crippen molar-refractivity contribution in [3.63, 3.8) is 0 Å². The topological polar surface area (TPSA) is 78.9 Å². The van der Waals surface area contributed by atoms with E-state index in [1.807, 2.05) is 0 Å². The zero-order chi connectivity index (χ0) is 15.6. The molecule has 21 heavy (non-hydrogen) atoms. The Bertz CT molecular complexity index is 399. The fourth-order valence-electron chi connectivity index (χ4n) is 3.28. The Morgan fingerprint density at radius 2 is 1.81 bits per heavy atom. The number of amides is 1. The summed E-state index contributed by atoms with van der Waals surface area (Å²) in [5.74, 6) is -0.168. The summed E-state index contributed by atoms with van der Waals surface area (Å²) in [6.07, 6.45) is 2.14. The highest BCUT2D eigenvalue weighted by Gasteiger charge is 2.44. The molecule has 0 bridgehead atoms. The van der Waals surface area contributed by atoms with Crippen LogP contribution in [0.3, 0.4) is 0 Å². The lowest BCUT2D eigenvalue weighted by molar-refractivity contribution is -0.142. The largest absolute Gasteiger partial charge is 0.480 e. The van der Waals surface area contributed by atoms with Gasteiger partial charge >= 0.3 is 12.1 Å². The quantitative estimate of drug-likeness (QED) is 0.811. The van der Waals surface area contributed by atoms with Gasteiger partial charge in [-0.15, -0.1) is 0 Å². The number of carboxylic acid groups (broad SMARTS) is 1. The van der Waals surface area contributed by atoms with E-state index >= 15 is 0 Å². The molecule has 2 fully saturated rings. The van der Waals surface area contributed by atoms with Crippen LogP contribution in [0.1, 0.15) is 40.0 Å². The van der Waals surface area contributed by atoms with Crippen molar-refractivity contribution in [1.82, 2.24) is 10.2 Å². The highest BCUT2D eigenvalue weighted by Crippen LogP contribution is 2.34. The number of carboxylic acids is 1. The summed E-state index contributed by atoms with van der Waals surface area (Å²) in [4.78, 5) is 25.1. The van der Waals surface area contributed by atoms with E-state index in [0.717, 1.165) is 25.9 Å². The van der Waals surface area contributed by atoms with Gasteiger partial charge in [-0.05, 0) is 65.0 Å². The number of aliphatic carboxylic acids is 1. The second kappa shape index (κ2) is 6.22. The minimum absolute atomic E-state index is 0.265. The maximum atomic E-state index is 12.2. The predicted molar refractivity (Wildman–Crippen MR) is 78.1 cm³/mol. The minimum atomic E-state index is -0.933. The number of likely N-dealkylation sites (tertiary alicyclic amines) is 1. The summed E-state index contributed by atoms with van der Waals surface area (Å²) in [7, 11) is 0. The second-order valence-electron chi connectivity index (χ2n) is 7.07. The summed E-state index contributed by atoms with van der Waals surface area (Å²) in [5.41, 5.74) is -0.604. The van der Waals surface area contributed by atoms with Crippen LogP contribution in [0.2, 0.25) is 0 Å². The second-order valence-corrected chi connectivity index (χ2v) is 7.07. The van der Waals surface area contributed by atoms with Crippen molar-refractivity contribution in [3.05, 3.63) is 0 Å². The third kappa shape index (κ3) is 4.09. The number of ether oxygens (including phenoxy) is 1. The summed E-state index contributed by atoms with van der Waals surface area (Å²) < 4.78 is 5.35. The van der Waals surface area contributed by atoms with Crippen LogP contribution >= 0.6 is 0 Å². The highest BCUT2D eigenvalue weighted by atomic mass is 16.6. The standard InChI is InChI=1S/C15H26N2O4/c1-15(2,3)21-14(20)17-9-11(8-12(17)13(18)19)10-4-6-16-7-5-10/h10-12,16H,4-9H2,1-3H3,(H,18,19). The van der Waals surface area contributed by atoms with Gasteiger partial charge in [0.25, 0.3) is 0 Å². The highest BCUT2D eigenvalue weighted by molar-refractivity contribution is 5.81. The number of piperidine rings is 1. The number of hydrogen-bond acceptors (Lipinski definition) is 4. The molecule has 0 aromatic heterocycles. The van der Waals surface area contributed by atoms with E-state index in [1.165, 1.54) is 4.90 Å². The molecule has 6 nitrogen and oxygen atoms in total. The molecule has 2 aliphatic heterocycles. The average molecular weight is 298 g/mol. The molecule has 0 radical (unpaired) electrons. The molecular formula is C15H26N2O4. The number of carbonyl (C=O) groups excluding carboxylic acids is 1. The van der Waals surface area contributed by atoms with E-state index in [-0.39, 0.29) is 5.92 Å². The third-order valence-corrected chi connectivity index (χ3v) is 4.30. The maximum Gasteiger partial charge on any atom is 0.411 e. The molecule has 2 heterocycles. The van der Waals surface area contributed by atoms with Crippen LogP contribution in [0.15, 0.2) is 0 Å². The summed E-state index contributed by atoms with van der Waals surface area (Å²) in [6.45, 7) is 7.83. The molecule has 0 spiro atoms. The first kappa shape index (κ1) is 16.1. The monoisotopic (exact) mass is 298 g/mol. The Morgan fingerprint density at radius 3 is 2.33 bits per heavy atom. The van der Waals surface area contributed by atoms with E-state index in [2.05, 4.69) is 5.32 Å². The van der Waals surface area contributed by atoms with Crippen molar-refractivity contribution in [2.75, 3.05) is 19.6 Å². The summed E-state index contributed by atoms with van der Waals surface area (Å²) in [5, 5.41) is 12.7. The zero-order valence-corrected chi connectivity index (χ0v) is 13.1. The molecule has 6 heteroatoms. The number of hydrogen-bond donors (Lipinski definition) is 2. The number of rotatable bonds is 2. The van der Waals surface area contributed by atoms with Crippen LogP contribution < -0.4 is 5.32 Å². The van der Waals surface area contributed by atoms with Crippen molar-refractivity contribution in [1.29, 1.82) is 0 Å². The van der Waals surface area contributed by atoms with Crippen molar-refractivity contribution in [2.45, 2.75) is 51.7 Å². The fourth-order valence-corrected chi connectivity index (χ4v) is 3.28. The summed E-state index contributed by atoms with van der Waals surface area (Å²) >= 11 is 0. The molecule has 120 valence electrons. The van der Waals surface area contributed by atoms with Gasteiger partial charge in [0.1, 0.15) is 11.6 Å². The third-order valence-electron chi connectivity index (χ3n) is 4.30. The van der Waals surface area contributed by atoms with Gasteiger partial charge in [0.15, 0.2) is 0 Å². The van der Waals surface area contributed by atoms with Crippen LogP contribution in [0.4, 0.5) is 4.79 Å². The van der Waals surface area contributed by atoms with E-state index in [9.17, 15) is 14.7 Å². The molecule has 0 aromatic rings. The molecule has 2 saturated heterocycles. The molecule has 2 rings (SSSR count). The number of nitrogens with one attached hydrogen (secondary N) is 1. The van der Waals surface area contributed by atoms with Gasteiger partial charge in [-0.25, -0.2) is 9.59 Å². The fraction of sp³-hybridized carbons (Fsp3) is 0.867. The van der Waals surface area contributed by atoms with Crippen molar-refractivity contribution in [2.24, 2.45) is 11.8 Å². The first-order chi connectivity index (χ1) is 9.78. The van der Waals surface area contributed by atoms with E-state index in [4.69, 9.17) is 4.74 Å². The van der Waals surface area contributed by atoms with Gasteiger partial charge in [0, 0.05) is 6.54 Å². The van der Waals surface area contributed by atoms with Gasteiger partial charge in [-0.3, -0.25) is 4.90 Å². The van der Waals surface area contributed by atoms with Gasteiger partial charge in [-0.2, -0.15) is 0 Å². The average Bonchev–Trinajstić information content (AvgIpc) is 2.83. The Hall–Kier alpha value is -1.30. The number of carbonyl (C=O) groups is 2. The lowest BCUT2D eigenvalue weighted by Crippen LogP contribution is -2.43. The van der Waals surface area contributed by atoms with Gasteiger partial charge in [-0.1, -0.05) is 0 Å².